The van der Waals surface area contributed by atoms with Crippen molar-refractivity contribution >= 4 is 22.2 Å². The second-order valence-electron chi connectivity index (χ2n) is 4.68. The van der Waals surface area contributed by atoms with E-state index in [1.165, 1.54) is 4.88 Å². The van der Waals surface area contributed by atoms with Crippen molar-refractivity contribution in [1.29, 1.82) is 0 Å². The molecule has 0 atom stereocenters. The summed E-state index contributed by atoms with van der Waals surface area (Å²) in [5.74, 6) is 0. The molecule has 0 radical (unpaired) electrons. The van der Waals surface area contributed by atoms with E-state index < -0.39 is 0 Å². The molecule has 6 heteroatoms. The van der Waals surface area contributed by atoms with Gasteiger partial charge < -0.3 is 14.8 Å². The average molecular weight is 306 g/mol. The van der Waals surface area contributed by atoms with Crippen LogP contribution in [0.2, 0.25) is 0 Å². The molecule has 0 aliphatic rings. The Kier molecular flexibility index (Phi) is 5.38. The first kappa shape index (κ1) is 15.6. The SMILES string of the molecule is CCN(CC)c1ncc(CNc2ccc(=O)n(CC)c2)s1. The van der Waals surface area contributed by atoms with Crippen molar-refractivity contribution in [1.82, 2.24) is 9.55 Å². The quantitative estimate of drug-likeness (QED) is 0.854. The Morgan fingerprint density at radius 2 is 2.05 bits per heavy atom. The van der Waals surface area contributed by atoms with Crippen molar-refractivity contribution < 1.29 is 0 Å². The number of aryl methyl sites for hydroxylation is 1. The Morgan fingerprint density at radius 3 is 2.71 bits per heavy atom. The van der Waals surface area contributed by atoms with Gasteiger partial charge in [0.2, 0.25) is 0 Å². The van der Waals surface area contributed by atoms with E-state index in [1.807, 2.05) is 25.4 Å². The number of thiazole rings is 1. The fourth-order valence-corrected chi connectivity index (χ4v) is 3.07. The molecule has 0 aliphatic carbocycles. The number of nitrogens with zero attached hydrogens (tertiary/aromatic N) is 3. The van der Waals surface area contributed by atoms with Crippen molar-refractivity contribution in [3.63, 3.8) is 0 Å². The van der Waals surface area contributed by atoms with Gasteiger partial charge in [0, 0.05) is 43.0 Å². The lowest BCUT2D eigenvalue weighted by molar-refractivity contribution is 0.728. The highest BCUT2D eigenvalue weighted by Crippen LogP contribution is 2.22. The maximum atomic E-state index is 11.5. The number of pyridine rings is 1. The lowest BCUT2D eigenvalue weighted by Crippen LogP contribution is -2.21. The monoisotopic (exact) mass is 306 g/mol. The molecule has 0 saturated carbocycles. The first-order chi connectivity index (χ1) is 10.2. The largest absolute Gasteiger partial charge is 0.379 e. The Hall–Kier alpha value is -1.82. The van der Waals surface area contributed by atoms with Gasteiger partial charge in [0.25, 0.3) is 5.56 Å². The molecule has 0 aromatic carbocycles. The summed E-state index contributed by atoms with van der Waals surface area (Å²) in [7, 11) is 0. The van der Waals surface area contributed by atoms with E-state index in [1.54, 1.807) is 22.0 Å². The summed E-state index contributed by atoms with van der Waals surface area (Å²) in [5, 5.41) is 4.41. The molecule has 1 N–H and O–H groups in total. The third kappa shape index (κ3) is 3.85. The van der Waals surface area contributed by atoms with Crippen LogP contribution in [0.25, 0.3) is 0 Å². The van der Waals surface area contributed by atoms with Gasteiger partial charge in [0.05, 0.1) is 12.2 Å². The van der Waals surface area contributed by atoms with Crippen molar-refractivity contribution in [2.24, 2.45) is 0 Å². The molecule has 2 rings (SSSR count). The molecule has 0 fully saturated rings. The van der Waals surface area contributed by atoms with Gasteiger partial charge in [0.15, 0.2) is 5.13 Å². The summed E-state index contributed by atoms with van der Waals surface area (Å²) in [6.45, 7) is 9.58. The van der Waals surface area contributed by atoms with Gasteiger partial charge >= 0.3 is 0 Å². The van der Waals surface area contributed by atoms with Gasteiger partial charge in [0.1, 0.15) is 0 Å². The standard InChI is InChI=1S/C15H22N4OS/c1-4-18(5-2)15-17-10-13(21-15)9-16-12-7-8-14(20)19(6-3)11-12/h7-8,10-11,16H,4-6,9H2,1-3H3. The normalized spacial score (nSPS) is 10.6. The van der Waals surface area contributed by atoms with E-state index in [4.69, 9.17) is 0 Å². The average Bonchev–Trinajstić information content (AvgIpc) is 2.96. The molecule has 0 unspecified atom stereocenters. The van der Waals surface area contributed by atoms with E-state index in [9.17, 15) is 4.79 Å². The number of hydrogen-bond acceptors (Lipinski definition) is 5. The summed E-state index contributed by atoms with van der Waals surface area (Å²) in [4.78, 5) is 19.4. The summed E-state index contributed by atoms with van der Waals surface area (Å²) >= 11 is 1.71. The van der Waals surface area contributed by atoms with Crippen LogP contribution >= 0.6 is 11.3 Å². The van der Waals surface area contributed by atoms with Crippen LogP contribution in [0.3, 0.4) is 0 Å². The smallest absolute Gasteiger partial charge is 0.250 e. The van der Waals surface area contributed by atoms with Gasteiger partial charge in [-0.1, -0.05) is 0 Å². The van der Waals surface area contributed by atoms with E-state index in [-0.39, 0.29) is 5.56 Å². The minimum absolute atomic E-state index is 0.0321. The summed E-state index contributed by atoms with van der Waals surface area (Å²) in [5.41, 5.74) is 0.985. The van der Waals surface area contributed by atoms with Crippen LogP contribution in [0.1, 0.15) is 25.6 Å². The van der Waals surface area contributed by atoms with Crippen molar-refractivity contribution in [2.75, 3.05) is 23.3 Å². The minimum atomic E-state index is 0.0321. The summed E-state index contributed by atoms with van der Waals surface area (Å²) in [6.07, 6.45) is 3.77. The van der Waals surface area contributed by atoms with Crippen LogP contribution in [0.4, 0.5) is 10.8 Å². The van der Waals surface area contributed by atoms with Gasteiger partial charge in [-0.3, -0.25) is 4.79 Å². The molecule has 2 aromatic heterocycles. The predicted molar refractivity (Wildman–Crippen MR) is 89.4 cm³/mol. The molecule has 114 valence electrons. The Labute approximate surface area is 129 Å². The number of anilines is 2. The number of nitrogens with one attached hydrogen (secondary N) is 1. The first-order valence-electron chi connectivity index (χ1n) is 7.31. The number of hydrogen-bond donors (Lipinski definition) is 1. The maximum Gasteiger partial charge on any atom is 0.250 e. The summed E-state index contributed by atoms with van der Waals surface area (Å²) < 4.78 is 1.69. The van der Waals surface area contributed by atoms with Crippen LogP contribution < -0.4 is 15.8 Å². The van der Waals surface area contributed by atoms with Crippen LogP contribution in [0.15, 0.2) is 29.3 Å². The van der Waals surface area contributed by atoms with Crippen LogP contribution in [-0.2, 0) is 13.1 Å². The molecule has 21 heavy (non-hydrogen) atoms. The molecule has 2 aromatic rings. The predicted octanol–water partition coefficient (Wildman–Crippen LogP) is 2.78. The third-order valence-corrected chi connectivity index (χ3v) is 4.42. The minimum Gasteiger partial charge on any atom is -0.379 e. The lowest BCUT2D eigenvalue weighted by atomic mass is 10.4. The molecule has 0 bridgehead atoms. The van der Waals surface area contributed by atoms with Gasteiger partial charge in [-0.25, -0.2) is 4.98 Å². The second kappa shape index (κ2) is 7.26. The topological polar surface area (TPSA) is 50.2 Å². The van der Waals surface area contributed by atoms with Crippen molar-refractivity contribution in [2.45, 2.75) is 33.9 Å². The highest BCUT2D eigenvalue weighted by atomic mass is 32.1. The maximum absolute atomic E-state index is 11.5. The zero-order chi connectivity index (χ0) is 15.2. The summed E-state index contributed by atoms with van der Waals surface area (Å²) in [6, 6.07) is 3.42. The molecule has 0 aliphatic heterocycles. The zero-order valence-electron chi connectivity index (χ0n) is 12.8. The third-order valence-electron chi connectivity index (χ3n) is 3.37. The molecule has 0 saturated heterocycles. The van der Waals surface area contributed by atoms with Crippen LogP contribution in [0, 0.1) is 0 Å². The molecule has 5 nitrogen and oxygen atoms in total. The van der Waals surface area contributed by atoms with Crippen LogP contribution in [0.5, 0.6) is 0 Å². The van der Waals surface area contributed by atoms with E-state index in [2.05, 4.69) is 29.0 Å². The number of rotatable bonds is 7. The van der Waals surface area contributed by atoms with E-state index in [0.717, 1.165) is 30.5 Å². The van der Waals surface area contributed by atoms with Gasteiger partial charge in [-0.05, 0) is 26.8 Å². The van der Waals surface area contributed by atoms with Gasteiger partial charge in [-0.15, -0.1) is 11.3 Å². The highest BCUT2D eigenvalue weighted by Gasteiger charge is 2.07. The molecular weight excluding hydrogens is 284 g/mol. The molecule has 0 spiro atoms. The van der Waals surface area contributed by atoms with E-state index in [0.29, 0.717) is 6.54 Å². The van der Waals surface area contributed by atoms with Gasteiger partial charge in [-0.2, -0.15) is 0 Å². The van der Waals surface area contributed by atoms with Crippen LogP contribution in [-0.4, -0.2) is 22.6 Å². The molecule has 2 heterocycles. The fourth-order valence-electron chi connectivity index (χ4n) is 2.09. The Bertz CT molecular complexity index is 631. The Balaban J connectivity index is 2.01. The Morgan fingerprint density at radius 1 is 1.29 bits per heavy atom. The number of aromatic nitrogens is 2. The second-order valence-corrected chi connectivity index (χ2v) is 5.77. The molecule has 0 amide bonds. The van der Waals surface area contributed by atoms with Crippen molar-refractivity contribution in [3.8, 4) is 0 Å². The fraction of sp³-hybridized carbons (Fsp3) is 0.467. The first-order valence-corrected chi connectivity index (χ1v) is 8.13. The molecular formula is C15H22N4OS. The highest BCUT2D eigenvalue weighted by molar-refractivity contribution is 7.15. The van der Waals surface area contributed by atoms with E-state index >= 15 is 0 Å². The zero-order valence-corrected chi connectivity index (χ0v) is 13.6. The van der Waals surface area contributed by atoms with Crippen molar-refractivity contribution in [3.05, 3.63) is 39.8 Å². The lowest BCUT2D eigenvalue weighted by Gasteiger charge is -2.16.